The van der Waals surface area contributed by atoms with Crippen LogP contribution in [0.15, 0.2) is 34.9 Å². The van der Waals surface area contributed by atoms with Crippen molar-refractivity contribution in [2.75, 3.05) is 0 Å². The Morgan fingerprint density at radius 2 is 2.10 bits per heavy atom. The first kappa shape index (κ1) is 14.1. The molecule has 108 valence electrons. The van der Waals surface area contributed by atoms with Gasteiger partial charge in [0.1, 0.15) is 5.76 Å². The molecule has 0 amide bonds. The average Bonchev–Trinajstić information content (AvgIpc) is 2.92. The maximum atomic E-state index is 12.3. The van der Waals surface area contributed by atoms with Crippen molar-refractivity contribution in [3.63, 3.8) is 0 Å². The molecule has 21 heavy (non-hydrogen) atoms. The number of furan rings is 1. The van der Waals surface area contributed by atoms with Crippen molar-refractivity contribution in [2.24, 2.45) is 0 Å². The van der Waals surface area contributed by atoms with Gasteiger partial charge in [-0.3, -0.25) is 4.79 Å². The van der Waals surface area contributed by atoms with Gasteiger partial charge in [0.15, 0.2) is 5.78 Å². The highest BCUT2D eigenvalue weighted by atomic mass is 16.5. The van der Waals surface area contributed by atoms with Crippen molar-refractivity contribution < 1.29 is 18.9 Å². The van der Waals surface area contributed by atoms with Gasteiger partial charge in [0.2, 0.25) is 0 Å². The third-order valence-electron chi connectivity index (χ3n) is 3.96. The molecule has 3 rings (SSSR count). The number of hydrogen-bond donors (Lipinski definition) is 1. The molecule has 0 fully saturated rings. The zero-order valence-corrected chi connectivity index (χ0v) is 12.3. The Kier molecular flexibility index (Phi) is 3.27. The Bertz CT molecular complexity index is 702. The van der Waals surface area contributed by atoms with Crippen LogP contribution in [0.1, 0.15) is 41.1 Å². The first-order valence-corrected chi connectivity index (χ1v) is 6.95. The largest absolute Gasteiger partial charge is 0.492 e. The summed E-state index contributed by atoms with van der Waals surface area (Å²) in [6.45, 7) is 5.61. The Morgan fingerprint density at radius 3 is 2.76 bits per heavy atom. The van der Waals surface area contributed by atoms with Gasteiger partial charge in [-0.1, -0.05) is 18.2 Å². The zero-order valence-electron chi connectivity index (χ0n) is 12.3. The highest BCUT2D eigenvalue weighted by molar-refractivity contribution is 6.62. The highest BCUT2D eigenvalue weighted by Crippen LogP contribution is 2.30. The summed E-state index contributed by atoms with van der Waals surface area (Å²) < 4.78 is 10.7. The van der Waals surface area contributed by atoms with E-state index in [2.05, 4.69) is 0 Å². The number of carbonyl (C=O) groups is 1. The molecule has 0 saturated heterocycles. The molecular weight excluding hydrogens is 267 g/mol. The lowest BCUT2D eigenvalue weighted by molar-refractivity contribution is 0.0990. The molecule has 0 spiro atoms. The van der Waals surface area contributed by atoms with E-state index in [-0.39, 0.29) is 12.2 Å². The Labute approximate surface area is 123 Å². The van der Waals surface area contributed by atoms with Gasteiger partial charge in [-0.05, 0) is 43.4 Å². The van der Waals surface area contributed by atoms with E-state index in [4.69, 9.17) is 9.07 Å². The van der Waals surface area contributed by atoms with E-state index in [0.29, 0.717) is 11.3 Å². The van der Waals surface area contributed by atoms with Crippen molar-refractivity contribution in [2.45, 2.75) is 32.8 Å². The fourth-order valence-electron chi connectivity index (χ4n) is 2.84. The zero-order chi connectivity index (χ0) is 15.2. The van der Waals surface area contributed by atoms with Gasteiger partial charge in [-0.25, -0.2) is 0 Å². The van der Waals surface area contributed by atoms with E-state index in [1.54, 1.807) is 13.0 Å². The van der Waals surface area contributed by atoms with Crippen LogP contribution in [0.25, 0.3) is 0 Å². The van der Waals surface area contributed by atoms with E-state index in [9.17, 15) is 9.82 Å². The van der Waals surface area contributed by atoms with Crippen molar-refractivity contribution in [3.8, 4) is 0 Å². The third-order valence-corrected chi connectivity index (χ3v) is 3.96. The number of hydrogen-bond acceptors (Lipinski definition) is 4. The van der Waals surface area contributed by atoms with Gasteiger partial charge >= 0.3 is 7.12 Å². The molecule has 4 nitrogen and oxygen atoms in total. The monoisotopic (exact) mass is 284 g/mol. The number of aryl methyl sites for hydroxylation is 1. The molecule has 0 aliphatic carbocycles. The molecule has 2 aromatic rings. The highest BCUT2D eigenvalue weighted by Gasteiger charge is 2.40. The molecule has 1 aliphatic rings. The third kappa shape index (κ3) is 2.43. The predicted octanol–water partition coefficient (Wildman–Crippen LogP) is 1.97. The van der Waals surface area contributed by atoms with Crippen LogP contribution in [-0.2, 0) is 16.7 Å². The molecule has 5 heteroatoms. The normalized spacial score (nSPS) is 16.1. The molecule has 0 saturated carbocycles. The van der Waals surface area contributed by atoms with Crippen molar-refractivity contribution in [3.05, 3.63) is 53.0 Å². The first-order chi connectivity index (χ1) is 9.88. The molecule has 1 N–H and O–H groups in total. The van der Waals surface area contributed by atoms with Crippen LogP contribution in [0.3, 0.4) is 0 Å². The summed E-state index contributed by atoms with van der Waals surface area (Å²) in [7, 11) is -0.930. The number of rotatable bonds is 3. The van der Waals surface area contributed by atoms with Gasteiger partial charge < -0.3 is 14.1 Å². The standard InChI is InChI=1S/C16H17BO4/c1-10-12(6-7-20-10)15(18)9-11-4-5-13-14(8-11)17(19)21-16(13,2)3/h4-8,19H,9H2,1-3H3. The smallest absolute Gasteiger partial charge is 0.469 e. The molecule has 0 radical (unpaired) electrons. The average molecular weight is 284 g/mol. The quantitative estimate of drug-likeness (QED) is 0.691. The lowest BCUT2D eigenvalue weighted by atomic mass is 9.77. The van der Waals surface area contributed by atoms with Crippen molar-refractivity contribution in [1.29, 1.82) is 0 Å². The second kappa shape index (κ2) is 4.86. The Morgan fingerprint density at radius 1 is 1.33 bits per heavy atom. The Hall–Kier alpha value is -1.85. The summed E-state index contributed by atoms with van der Waals surface area (Å²) in [4.78, 5) is 12.3. The SMILES string of the molecule is Cc1occc1C(=O)Cc1ccc2c(c1)B(O)OC2(C)C. The van der Waals surface area contributed by atoms with E-state index >= 15 is 0 Å². The van der Waals surface area contributed by atoms with Crippen LogP contribution >= 0.6 is 0 Å². The lowest BCUT2D eigenvalue weighted by Crippen LogP contribution is -2.29. The van der Waals surface area contributed by atoms with Gasteiger partial charge in [-0.15, -0.1) is 0 Å². The summed E-state index contributed by atoms with van der Waals surface area (Å²) in [6, 6.07) is 7.37. The van der Waals surface area contributed by atoms with Crippen LogP contribution in [0.2, 0.25) is 0 Å². The van der Waals surface area contributed by atoms with Gasteiger partial charge in [0.25, 0.3) is 0 Å². The Balaban J connectivity index is 1.87. The number of ketones is 1. The lowest BCUT2D eigenvalue weighted by Gasteiger charge is -2.19. The van der Waals surface area contributed by atoms with Crippen molar-refractivity contribution >= 4 is 18.4 Å². The van der Waals surface area contributed by atoms with Crippen LogP contribution < -0.4 is 5.46 Å². The van der Waals surface area contributed by atoms with Gasteiger partial charge in [0.05, 0.1) is 17.4 Å². The van der Waals surface area contributed by atoms with Crippen molar-refractivity contribution in [1.82, 2.24) is 0 Å². The second-order valence-corrected chi connectivity index (χ2v) is 5.89. The number of carbonyl (C=O) groups excluding carboxylic acids is 1. The maximum Gasteiger partial charge on any atom is 0.492 e. The van der Waals surface area contributed by atoms with E-state index in [0.717, 1.165) is 16.6 Å². The first-order valence-electron chi connectivity index (χ1n) is 6.95. The number of Topliss-reactive ketones (excluding diaryl/α,β-unsaturated/α-hetero) is 1. The predicted molar refractivity (Wildman–Crippen MR) is 79.6 cm³/mol. The molecule has 2 heterocycles. The van der Waals surface area contributed by atoms with Gasteiger partial charge in [-0.2, -0.15) is 0 Å². The van der Waals surface area contributed by atoms with Crippen LogP contribution in [0, 0.1) is 6.92 Å². The molecule has 1 aliphatic heterocycles. The van der Waals surface area contributed by atoms with E-state index < -0.39 is 12.7 Å². The van der Waals surface area contributed by atoms with Crippen LogP contribution in [-0.4, -0.2) is 17.9 Å². The van der Waals surface area contributed by atoms with Gasteiger partial charge in [0, 0.05) is 6.42 Å². The van der Waals surface area contributed by atoms with Crippen LogP contribution in [0.4, 0.5) is 0 Å². The fraction of sp³-hybridized carbons (Fsp3) is 0.312. The molecule has 0 unspecified atom stereocenters. The summed E-state index contributed by atoms with van der Waals surface area (Å²) in [6.07, 6.45) is 1.80. The van der Waals surface area contributed by atoms with E-state index in [1.165, 1.54) is 6.26 Å². The minimum absolute atomic E-state index is 0.00821. The number of benzene rings is 1. The second-order valence-electron chi connectivity index (χ2n) is 5.89. The molecule has 0 atom stereocenters. The molecule has 1 aromatic carbocycles. The number of fused-ring (bicyclic) bond motifs is 1. The summed E-state index contributed by atoms with van der Waals surface area (Å²) in [5, 5.41) is 9.98. The van der Waals surface area contributed by atoms with Crippen LogP contribution in [0.5, 0.6) is 0 Å². The summed E-state index contributed by atoms with van der Waals surface area (Å²) in [5.74, 6) is 0.638. The maximum absolute atomic E-state index is 12.3. The minimum atomic E-state index is -0.930. The fourth-order valence-corrected chi connectivity index (χ4v) is 2.84. The molecule has 1 aromatic heterocycles. The molecular formula is C16H17BO4. The summed E-state index contributed by atoms with van der Waals surface area (Å²) in [5.41, 5.74) is 2.67. The summed E-state index contributed by atoms with van der Waals surface area (Å²) >= 11 is 0. The van der Waals surface area contributed by atoms with E-state index in [1.807, 2.05) is 32.0 Å². The minimum Gasteiger partial charge on any atom is -0.469 e. The molecule has 0 bridgehead atoms. The topological polar surface area (TPSA) is 59.7 Å².